The van der Waals surface area contributed by atoms with Crippen molar-refractivity contribution in [2.75, 3.05) is 13.7 Å². The van der Waals surface area contributed by atoms with Gasteiger partial charge >= 0.3 is 0 Å². The lowest BCUT2D eigenvalue weighted by Crippen LogP contribution is -2.08. The van der Waals surface area contributed by atoms with E-state index < -0.39 is 0 Å². The maximum absolute atomic E-state index is 8.93. The molecule has 0 aliphatic heterocycles. The summed E-state index contributed by atoms with van der Waals surface area (Å²) in [6.07, 6.45) is 2.84. The Balaban J connectivity index is 2.36. The van der Waals surface area contributed by atoms with E-state index in [1.807, 2.05) is 39.0 Å². The molecule has 1 aromatic rings. The molecule has 3 nitrogen and oxygen atoms in total. The molecular weight excluding hydrogens is 238 g/mol. The maximum Gasteiger partial charge on any atom is 0.161 e. The van der Waals surface area contributed by atoms with Crippen LogP contribution in [0.15, 0.2) is 18.2 Å². The molecule has 0 fully saturated rings. The van der Waals surface area contributed by atoms with E-state index in [9.17, 15) is 0 Å². The van der Waals surface area contributed by atoms with Crippen molar-refractivity contribution >= 4 is 0 Å². The van der Waals surface area contributed by atoms with Gasteiger partial charge in [0.2, 0.25) is 0 Å². The molecule has 0 radical (unpaired) electrons. The molecule has 0 saturated carbocycles. The molecule has 0 saturated heterocycles. The van der Waals surface area contributed by atoms with Crippen LogP contribution in [0, 0.1) is 23.7 Å². The molecular formula is C16H23NO2. The van der Waals surface area contributed by atoms with Gasteiger partial charge in [-0.05, 0) is 57.7 Å². The molecule has 0 N–H and O–H groups in total. The summed E-state index contributed by atoms with van der Waals surface area (Å²) in [7, 11) is 1.65. The van der Waals surface area contributed by atoms with E-state index in [0.717, 1.165) is 36.3 Å². The third-order valence-corrected chi connectivity index (χ3v) is 3.08. The second-order valence-corrected chi connectivity index (χ2v) is 5.46. The van der Waals surface area contributed by atoms with Crippen molar-refractivity contribution in [2.45, 2.75) is 40.0 Å². The van der Waals surface area contributed by atoms with Crippen LogP contribution < -0.4 is 9.47 Å². The predicted molar refractivity (Wildman–Crippen MR) is 76.5 cm³/mol. The van der Waals surface area contributed by atoms with E-state index in [4.69, 9.17) is 14.7 Å². The summed E-state index contributed by atoms with van der Waals surface area (Å²) in [6, 6.07) is 8.23. The van der Waals surface area contributed by atoms with Crippen LogP contribution in [0.4, 0.5) is 0 Å². The lowest BCUT2D eigenvalue weighted by Gasteiger charge is -2.15. The maximum atomic E-state index is 8.93. The number of unbranched alkanes of at least 4 members (excludes halogenated alkanes) is 1. The molecule has 1 rings (SSSR count). The van der Waals surface area contributed by atoms with Gasteiger partial charge in [-0.25, -0.2) is 0 Å². The minimum absolute atomic E-state index is 0.235. The Morgan fingerprint density at radius 3 is 2.58 bits per heavy atom. The molecule has 0 amide bonds. The number of nitriles is 1. The van der Waals surface area contributed by atoms with Crippen molar-refractivity contribution in [3.8, 4) is 17.6 Å². The van der Waals surface area contributed by atoms with Crippen LogP contribution in [0.25, 0.3) is 0 Å². The van der Waals surface area contributed by atoms with Crippen LogP contribution >= 0.6 is 0 Å². The summed E-state index contributed by atoms with van der Waals surface area (Å²) < 4.78 is 11.0. The second kappa shape index (κ2) is 7.04. The molecule has 0 heterocycles. The van der Waals surface area contributed by atoms with Crippen LogP contribution in [0.3, 0.4) is 0 Å². The van der Waals surface area contributed by atoms with Crippen molar-refractivity contribution in [2.24, 2.45) is 5.41 Å². The minimum atomic E-state index is -0.235. The first-order chi connectivity index (χ1) is 8.98. The highest BCUT2D eigenvalue weighted by atomic mass is 16.5. The lowest BCUT2D eigenvalue weighted by molar-refractivity contribution is 0.278. The summed E-state index contributed by atoms with van der Waals surface area (Å²) in [5, 5.41) is 8.93. The highest BCUT2D eigenvalue weighted by Gasteiger charge is 2.15. The van der Waals surface area contributed by atoms with E-state index >= 15 is 0 Å². The molecule has 0 aliphatic rings. The fourth-order valence-corrected chi connectivity index (χ4v) is 1.80. The van der Waals surface area contributed by atoms with Gasteiger partial charge in [-0.15, -0.1) is 0 Å². The molecule has 0 aliphatic carbocycles. The minimum Gasteiger partial charge on any atom is -0.493 e. The second-order valence-electron chi connectivity index (χ2n) is 5.46. The molecule has 19 heavy (non-hydrogen) atoms. The topological polar surface area (TPSA) is 42.2 Å². The first-order valence-electron chi connectivity index (χ1n) is 6.67. The van der Waals surface area contributed by atoms with Crippen LogP contribution in [0.1, 0.15) is 38.7 Å². The lowest BCUT2D eigenvalue weighted by atomic mass is 9.89. The average molecular weight is 261 g/mol. The van der Waals surface area contributed by atoms with E-state index in [1.54, 1.807) is 7.11 Å². The Morgan fingerprint density at radius 1 is 1.21 bits per heavy atom. The number of rotatable bonds is 7. The molecule has 0 aromatic heterocycles. The first kappa shape index (κ1) is 15.4. The van der Waals surface area contributed by atoms with Gasteiger partial charge in [-0.2, -0.15) is 5.26 Å². The van der Waals surface area contributed by atoms with Crippen molar-refractivity contribution in [1.82, 2.24) is 0 Å². The average Bonchev–Trinajstić information content (AvgIpc) is 2.39. The van der Waals surface area contributed by atoms with E-state index in [0.29, 0.717) is 6.61 Å². The van der Waals surface area contributed by atoms with Crippen LogP contribution in [0.5, 0.6) is 11.5 Å². The highest BCUT2D eigenvalue weighted by Crippen LogP contribution is 2.28. The van der Waals surface area contributed by atoms with Gasteiger partial charge < -0.3 is 9.47 Å². The van der Waals surface area contributed by atoms with Crippen LogP contribution in [0.2, 0.25) is 0 Å². The third-order valence-electron chi connectivity index (χ3n) is 3.08. The van der Waals surface area contributed by atoms with Crippen molar-refractivity contribution in [3.05, 3.63) is 23.8 Å². The van der Waals surface area contributed by atoms with Gasteiger partial charge in [0.25, 0.3) is 0 Å². The summed E-state index contributed by atoms with van der Waals surface area (Å²) in [5.74, 6) is 1.56. The highest BCUT2D eigenvalue weighted by molar-refractivity contribution is 5.42. The van der Waals surface area contributed by atoms with E-state index in [1.165, 1.54) is 0 Å². The van der Waals surface area contributed by atoms with Crippen molar-refractivity contribution in [1.29, 1.82) is 5.26 Å². The molecule has 104 valence electrons. The molecule has 0 spiro atoms. The summed E-state index contributed by atoms with van der Waals surface area (Å²) in [6.45, 7) is 6.62. The fraction of sp³-hybridized carbons (Fsp3) is 0.562. The summed E-state index contributed by atoms with van der Waals surface area (Å²) >= 11 is 0. The molecule has 1 aromatic carbocycles. The number of hydrogen-bond acceptors (Lipinski definition) is 3. The molecule has 0 bridgehead atoms. The Morgan fingerprint density at radius 2 is 1.95 bits per heavy atom. The van der Waals surface area contributed by atoms with E-state index in [2.05, 4.69) is 6.07 Å². The quantitative estimate of drug-likeness (QED) is 0.694. The van der Waals surface area contributed by atoms with Gasteiger partial charge in [-0.3, -0.25) is 0 Å². The van der Waals surface area contributed by atoms with Gasteiger partial charge in [0.1, 0.15) is 0 Å². The number of methoxy groups -OCH3 is 1. The third kappa shape index (κ3) is 5.21. The Labute approximate surface area is 116 Å². The smallest absolute Gasteiger partial charge is 0.161 e. The Hall–Kier alpha value is -1.69. The van der Waals surface area contributed by atoms with Gasteiger partial charge in [0.05, 0.1) is 25.2 Å². The zero-order valence-electron chi connectivity index (χ0n) is 12.3. The zero-order valence-corrected chi connectivity index (χ0v) is 12.3. The Bertz CT molecular complexity index is 447. The number of aryl methyl sites for hydroxylation is 1. The molecule has 0 unspecified atom stereocenters. The fourth-order valence-electron chi connectivity index (χ4n) is 1.80. The number of hydrogen-bond donors (Lipinski definition) is 0. The zero-order chi connectivity index (χ0) is 14.3. The number of benzene rings is 1. The first-order valence-corrected chi connectivity index (χ1v) is 6.67. The largest absolute Gasteiger partial charge is 0.493 e. The SMILES string of the molecule is COc1cc(C)ccc1OCCCCC(C)(C)C#N. The monoisotopic (exact) mass is 261 g/mol. The van der Waals surface area contributed by atoms with Gasteiger partial charge in [0, 0.05) is 0 Å². The molecule has 0 atom stereocenters. The summed E-state index contributed by atoms with van der Waals surface area (Å²) in [4.78, 5) is 0. The number of nitrogens with zero attached hydrogens (tertiary/aromatic N) is 1. The van der Waals surface area contributed by atoms with Crippen molar-refractivity contribution in [3.63, 3.8) is 0 Å². The van der Waals surface area contributed by atoms with Crippen LogP contribution in [-0.2, 0) is 0 Å². The number of ether oxygens (including phenoxy) is 2. The van der Waals surface area contributed by atoms with Crippen molar-refractivity contribution < 1.29 is 9.47 Å². The molecule has 3 heteroatoms. The van der Waals surface area contributed by atoms with Gasteiger partial charge in [0.15, 0.2) is 11.5 Å². The van der Waals surface area contributed by atoms with Crippen LogP contribution in [-0.4, -0.2) is 13.7 Å². The predicted octanol–water partition coefficient (Wildman–Crippen LogP) is 4.10. The summed E-state index contributed by atoms with van der Waals surface area (Å²) in [5.41, 5.74) is 0.918. The normalized spacial score (nSPS) is 10.9. The Kier molecular flexibility index (Phi) is 5.69. The standard InChI is InChI=1S/C16H23NO2/c1-13-7-8-14(15(11-13)18-4)19-10-6-5-9-16(2,3)12-17/h7-8,11H,5-6,9-10H2,1-4H3. The van der Waals surface area contributed by atoms with Gasteiger partial charge in [-0.1, -0.05) is 6.07 Å². The van der Waals surface area contributed by atoms with E-state index in [-0.39, 0.29) is 5.41 Å².